The summed E-state index contributed by atoms with van der Waals surface area (Å²) in [5.41, 5.74) is 1.81. The van der Waals surface area contributed by atoms with Crippen molar-refractivity contribution < 1.29 is 13.7 Å². The molecule has 1 amide bonds. The minimum Gasteiger partial charge on any atom is -0.467 e. The van der Waals surface area contributed by atoms with Gasteiger partial charge in [-0.05, 0) is 43.5 Å². The molecule has 7 heteroatoms. The monoisotopic (exact) mass is 413 g/mol. The van der Waals surface area contributed by atoms with Gasteiger partial charge in [0.25, 0.3) is 0 Å². The summed E-state index contributed by atoms with van der Waals surface area (Å²) in [5, 5.41) is 4.73. The summed E-state index contributed by atoms with van der Waals surface area (Å²) in [5.74, 6) is 2.07. The van der Waals surface area contributed by atoms with Crippen LogP contribution in [0.2, 0.25) is 5.02 Å². The smallest absolute Gasteiger partial charge is 0.228 e. The second-order valence-corrected chi connectivity index (χ2v) is 7.95. The van der Waals surface area contributed by atoms with Gasteiger partial charge in [-0.2, -0.15) is 4.98 Å². The summed E-state index contributed by atoms with van der Waals surface area (Å²) in [6, 6.07) is 9.41. The average molecular weight is 414 g/mol. The van der Waals surface area contributed by atoms with Crippen molar-refractivity contribution in [1.29, 1.82) is 0 Å². The number of rotatable bonds is 7. The highest BCUT2D eigenvalue weighted by molar-refractivity contribution is 6.31. The highest BCUT2D eigenvalue weighted by Gasteiger charge is 2.28. The van der Waals surface area contributed by atoms with Crippen molar-refractivity contribution >= 4 is 17.5 Å². The molecule has 1 aliphatic rings. The third-order valence-electron chi connectivity index (χ3n) is 5.44. The molecule has 0 spiro atoms. The molecule has 1 aliphatic carbocycles. The number of halogens is 1. The lowest BCUT2D eigenvalue weighted by Crippen LogP contribution is -2.36. The molecule has 2 heterocycles. The van der Waals surface area contributed by atoms with Gasteiger partial charge in [-0.1, -0.05) is 41.7 Å². The van der Waals surface area contributed by atoms with E-state index in [-0.39, 0.29) is 11.8 Å². The second kappa shape index (κ2) is 8.82. The maximum Gasteiger partial charge on any atom is 0.228 e. The summed E-state index contributed by atoms with van der Waals surface area (Å²) >= 11 is 6.20. The lowest BCUT2D eigenvalue weighted by Gasteiger charge is -2.24. The van der Waals surface area contributed by atoms with Crippen LogP contribution in [-0.2, 0) is 17.8 Å². The van der Waals surface area contributed by atoms with Crippen LogP contribution in [0, 0.1) is 12.8 Å². The number of carbonyl (C=O) groups is 1. The zero-order valence-electron chi connectivity index (χ0n) is 16.4. The summed E-state index contributed by atoms with van der Waals surface area (Å²) in [6.45, 7) is 2.91. The summed E-state index contributed by atoms with van der Waals surface area (Å²) in [7, 11) is 0. The summed E-state index contributed by atoms with van der Waals surface area (Å²) in [4.78, 5) is 19.3. The van der Waals surface area contributed by atoms with Crippen LogP contribution in [-0.4, -0.2) is 27.5 Å². The molecule has 1 fully saturated rings. The van der Waals surface area contributed by atoms with E-state index in [2.05, 4.69) is 10.1 Å². The number of carbonyl (C=O) groups excluding carboxylic acids is 1. The average Bonchev–Trinajstić information content (AvgIpc) is 3.48. The third-order valence-corrected chi connectivity index (χ3v) is 5.84. The molecule has 1 saturated carbocycles. The first kappa shape index (κ1) is 19.7. The Kier molecular flexibility index (Phi) is 6.00. The van der Waals surface area contributed by atoms with Crippen molar-refractivity contribution in [3.05, 3.63) is 58.8 Å². The van der Waals surface area contributed by atoms with Crippen molar-refractivity contribution in [1.82, 2.24) is 15.0 Å². The highest BCUT2D eigenvalue weighted by atomic mass is 35.5. The van der Waals surface area contributed by atoms with Gasteiger partial charge < -0.3 is 13.8 Å². The van der Waals surface area contributed by atoms with Crippen LogP contribution >= 0.6 is 11.6 Å². The first-order valence-electron chi connectivity index (χ1n) is 10.0. The zero-order chi connectivity index (χ0) is 20.2. The van der Waals surface area contributed by atoms with Crippen LogP contribution in [0.3, 0.4) is 0 Å². The van der Waals surface area contributed by atoms with Crippen molar-refractivity contribution in [3.63, 3.8) is 0 Å². The third kappa shape index (κ3) is 4.70. The Morgan fingerprint density at radius 3 is 2.83 bits per heavy atom. The zero-order valence-corrected chi connectivity index (χ0v) is 17.2. The molecule has 6 nitrogen and oxygen atoms in total. The first-order chi connectivity index (χ1) is 14.1. The van der Waals surface area contributed by atoms with Crippen molar-refractivity contribution in [2.24, 2.45) is 5.92 Å². The predicted octanol–water partition coefficient (Wildman–Crippen LogP) is 5.05. The first-order valence-corrected chi connectivity index (χ1v) is 10.4. The topological polar surface area (TPSA) is 72.4 Å². The van der Waals surface area contributed by atoms with E-state index in [1.54, 1.807) is 6.26 Å². The minimum atomic E-state index is 0.109. The van der Waals surface area contributed by atoms with Crippen molar-refractivity contribution in [3.8, 4) is 11.4 Å². The normalized spacial score (nSPS) is 14.4. The van der Waals surface area contributed by atoms with E-state index >= 15 is 0 Å². The Balaban J connectivity index is 1.44. The molecular weight excluding hydrogens is 390 g/mol. The van der Waals surface area contributed by atoms with Gasteiger partial charge in [-0.25, -0.2) is 0 Å². The fraction of sp³-hybridized carbons (Fsp3) is 0.409. The standard InChI is InChI=1S/C22H24ClN3O3/c1-15-8-9-17(13-19(15)23)21-24-20(29-25-21)10-11-26(14-18-7-4-12-28-18)22(27)16-5-2-3-6-16/h4,7-9,12-13,16H,2-3,5-6,10-11,14H2,1H3. The van der Waals surface area contributed by atoms with Gasteiger partial charge in [0, 0.05) is 29.5 Å². The lowest BCUT2D eigenvalue weighted by molar-refractivity contribution is -0.136. The molecule has 1 aromatic carbocycles. The van der Waals surface area contributed by atoms with E-state index in [0.717, 1.165) is 42.6 Å². The van der Waals surface area contributed by atoms with E-state index in [1.807, 2.05) is 42.2 Å². The largest absolute Gasteiger partial charge is 0.467 e. The molecule has 29 heavy (non-hydrogen) atoms. The molecule has 0 unspecified atom stereocenters. The summed E-state index contributed by atoms with van der Waals surface area (Å²) in [6.07, 6.45) is 6.29. The lowest BCUT2D eigenvalue weighted by atomic mass is 10.1. The van der Waals surface area contributed by atoms with Crippen LogP contribution in [0.25, 0.3) is 11.4 Å². The van der Waals surface area contributed by atoms with Gasteiger partial charge in [-0.15, -0.1) is 0 Å². The number of furan rings is 1. The van der Waals surface area contributed by atoms with E-state index in [4.69, 9.17) is 20.5 Å². The van der Waals surface area contributed by atoms with Crippen LogP contribution in [0.1, 0.15) is 42.9 Å². The Bertz CT molecular complexity index is 962. The Hall–Kier alpha value is -2.60. The summed E-state index contributed by atoms with van der Waals surface area (Å²) < 4.78 is 10.9. The SMILES string of the molecule is Cc1ccc(-c2noc(CCN(Cc3ccco3)C(=O)C3CCCC3)n2)cc1Cl. The Morgan fingerprint density at radius 2 is 2.10 bits per heavy atom. The van der Waals surface area contributed by atoms with Gasteiger partial charge in [-0.3, -0.25) is 4.79 Å². The molecule has 2 aromatic heterocycles. The molecule has 0 atom stereocenters. The number of aryl methyl sites for hydroxylation is 1. The van der Waals surface area contributed by atoms with Crippen molar-refractivity contribution in [2.75, 3.05) is 6.54 Å². The highest BCUT2D eigenvalue weighted by Crippen LogP contribution is 2.27. The number of hydrogen-bond donors (Lipinski definition) is 0. The van der Waals surface area contributed by atoms with Crippen LogP contribution in [0.15, 0.2) is 45.5 Å². The Morgan fingerprint density at radius 1 is 1.28 bits per heavy atom. The molecule has 3 aromatic rings. The molecule has 0 aliphatic heterocycles. The van der Waals surface area contributed by atoms with Crippen LogP contribution in [0.4, 0.5) is 0 Å². The number of hydrogen-bond acceptors (Lipinski definition) is 5. The molecule has 0 N–H and O–H groups in total. The number of aromatic nitrogens is 2. The fourth-order valence-corrected chi connectivity index (χ4v) is 3.91. The maximum absolute atomic E-state index is 13.0. The maximum atomic E-state index is 13.0. The number of benzene rings is 1. The molecule has 0 bridgehead atoms. The van der Waals surface area contributed by atoms with Crippen LogP contribution in [0.5, 0.6) is 0 Å². The van der Waals surface area contributed by atoms with Gasteiger partial charge in [0.2, 0.25) is 17.6 Å². The van der Waals surface area contributed by atoms with Crippen molar-refractivity contribution in [2.45, 2.75) is 45.6 Å². The van der Waals surface area contributed by atoms with E-state index in [1.165, 1.54) is 0 Å². The van der Waals surface area contributed by atoms with Gasteiger partial charge in [0.1, 0.15) is 5.76 Å². The van der Waals surface area contributed by atoms with Gasteiger partial charge >= 0.3 is 0 Å². The second-order valence-electron chi connectivity index (χ2n) is 7.55. The fourth-order valence-electron chi connectivity index (χ4n) is 3.73. The van der Waals surface area contributed by atoms with Gasteiger partial charge in [0.15, 0.2) is 0 Å². The number of amides is 1. The van der Waals surface area contributed by atoms with Gasteiger partial charge in [0.05, 0.1) is 12.8 Å². The molecular formula is C22H24ClN3O3. The Labute approximate surface area is 174 Å². The quantitative estimate of drug-likeness (QED) is 0.541. The van der Waals surface area contributed by atoms with E-state index in [9.17, 15) is 4.79 Å². The van der Waals surface area contributed by atoms with Crippen LogP contribution < -0.4 is 0 Å². The molecule has 152 valence electrons. The predicted molar refractivity (Wildman–Crippen MR) is 109 cm³/mol. The van der Waals surface area contributed by atoms with E-state index in [0.29, 0.717) is 36.2 Å². The molecule has 0 saturated heterocycles. The molecule has 4 rings (SSSR count). The van der Waals surface area contributed by atoms with E-state index < -0.39 is 0 Å². The minimum absolute atomic E-state index is 0.109. The molecule has 0 radical (unpaired) electrons. The number of nitrogens with zero attached hydrogens (tertiary/aromatic N) is 3.